The second-order valence-electron chi connectivity index (χ2n) is 4.39. The summed E-state index contributed by atoms with van der Waals surface area (Å²) in [6.45, 7) is 0. The van der Waals surface area contributed by atoms with Gasteiger partial charge in [-0.2, -0.15) is 0 Å². The number of thiophene rings is 1. The Hall–Kier alpha value is -0.250. The Bertz CT molecular complexity index is 407. The smallest absolute Gasteiger partial charge is 0.264 e. The van der Waals surface area contributed by atoms with Crippen LogP contribution in [0.25, 0.3) is 0 Å². The Morgan fingerprint density at radius 2 is 2.12 bits per heavy atom. The number of nitrogens with zero attached hydrogens (tertiary/aromatic N) is 1. The highest BCUT2D eigenvalue weighted by molar-refractivity contribution is 7.17. The molecular weight excluding hydrogens is 277 g/mol. The maximum absolute atomic E-state index is 12.2. The Balaban J connectivity index is 2.08. The summed E-state index contributed by atoms with van der Waals surface area (Å²) < 4.78 is 0.646. The van der Waals surface area contributed by atoms with Crippen LogP contribution in [0.3, 0.4) is 0 Å². The number of halogens is 2. The Morgan fingerprint density at radius 1 is 1.41 bits per heavy atom. The van der Waals surface area contributed by atoms with Gasteiger partial charge in [0.05, 0.1) is 14.6 Å². The molecule has 1 fully saturated rings. The highest BCUT2D eigenvalue weighted by Gasteiger charge is 2.30. The SMILES string of the molecule is CN(C(=O)c1ccc(Cl)s1)C1CCCCC1Cl. The standard InChI is InChI=1S/C12H15Cl2NOS/c1-15(9-5-3-2-4-8(9)13)12(16)10-6-7-11(14)17-10/h6-9H,2-5H2,1H3. The van der Waals surface area contributed by atoms with Crippen molar-refractivity contribution in [2.75, 3.05) is 7.05 Å². The first-order valence-corrected chi connectivity index (χ1v) is 7.39. The van der Waals surface area contributed by atoms with Crippen LogP contribution in [-0.2, 0) is 0 Å². The zero-order valence-corrected chi connectivity index (χ0v) is 12.0. The predicted octanol–water partition coefficient (Wildman–Crippen LogP) is 4.02. The minimum absolute atomic E-state index is 0.0273. The molecule has 0 N–H and O–H groups in total. The highest BCUT2D eigenvalue weighted by Crippen LogP contribution is 2.29. The summed E-state index contributed by atoms with van der Waals surface area (Å²) in [6.07, 6.45) is 4.30. The van der Waals surface area contributed by atoms with E-state index in [0.29, 0.717) is 9.21 Å². The van der Waals surface area contributed by atoms with Gasteiger partial charge in [0.15, 0.2) is 0 Å². The molecule has 0 saturated heterocycles. The molecule has 0 aromatic carbocycles. The van der Waals surface area contributed by atoms with Crippen molar-refractivity contribution in [3.8, 4) is 0 Å². The van der Waals surface area contributed by atoms with E-state index in [9.17, 15) is 4.79 Å². The van der Waals surface area contributed by atoms with Crippen molar-refractivity contribution in [1.29, 1.82) is 0 Å². The molecule has 1 amide bonds. The van der Waals surface area contributed by atoms with Crippen LogP contribution in [0.2, 0.25) is 4.34 Å². The lowest BCUT2D eigenvalue weighted by atomic mass is 9.94. The third-order valence-corrected chi connectivity index (χ3v) is 4.98. The molecule has 17 heavy (non-hydrogen) atoms. The summed E-state index contributed by atoms with van der Waals surface area (Å²) in [5.41, 5.74) is 0. The summed E-state index contributed by atoms with van der Waals surface area (Å²) in [7, 11) is 1.83. The zero-order valence-electron chi connectivity index (χ0n) is 9.66. The van der Waals surface area contributed by atoms with Gasteiger partial charge in [-0.25, -0.2) is 0 Å². The number of hydrogen-bond donors (Lipinski definition) is 0. The van der Waals surface area contributed by atoms with Crippen molar-refractivity contribution < 1.29 is 4.79 Å². The molecule has 1 aliphatic rings. The molecule has 5 heteroatoms. The highest BCUT2D eigenvalue weighted by atomic mass is 35.5. The van der Waals surface area contributed by atoms with Crippen LogP contribution in [0.1, 0.15) is 35.4 Å². The number of carbonyl (C=O) groups excluding carboxylic acids is 1. The van der Waals surface area contributed by atoms with E-state index in [1.807, 2.05) is 7.05 Å². The molecule has 2 nitrogen and oxygen atoms in total. The van der Waals surface area contributed by atoms with Crippen molar-refractivity contribution >= 4 is 40.4 Å². The monoisotopic (exact) mass is 291 g/mol. The van der Waals surface area contributed by atoms with Gasteiger partial charge in [-0.3, -0.25) is 4.79 Å². The fraction of sp³-hybridized carbons (Fsp3) is 0.583. The van der Waals surface area contributed by atoms with E-state index in [1.165, 1.54) is 11.3 Å². The van der Waals surface area contributed by atoms with Gasteiger partial charge in [0.2, 0.25) is 0 Å². The van der Waals surface area contributed by atoms with Crippen molar-refractivity contribution in [2.24, 2.45) is 0 Å². The maximum Gasteiger partial charge on any atom is 0.264 e. The molecular formula is C12H15Cl2NOS. The number of alkyl halides is 1. The van der Waals surface area contributed by atoms with E-state index < -0.39 is 0 Å². The van der Waals surface area contributed by atoms with E-state index in [-0.39, 0.29) is 17.3 Å². The molecule has 0 aliphatic heterocycles. The molecule has 2 unspecified atom stereocenters. The first-order valence-electron chi connectivity index (χ1n) is 5.76. The van der Waals surface area contributed by atoms with Crippen molar-refractivity contribution in [2.45, 2.75) is 37.1 Å². The largest absolute Gasteiger partial charge is 0.337 e. The fourth-order valence-electron chi connectivity index (χ4n) is 2.26. The van der Waals surface area contributed by atoms with Crippen LogP contribution in [-0.4, -0.2) is 29.3 Å². The van der Waals surface area contributed by atoms with Gasteiger partial charge in [0.1, 0.15) is 0 Å². The summed E-state index contributed by atoms with van der Waals surface area (Å²) in [5, 5.41) is 0.0770. The van der Waals surface area contributed by atoms with E-state index >= 15 is 0 Å². The minimum atomic E-state index is 0.0273. The topological polar surface area (TPSA) is 20.3 Å². The van der Waals surface area contributed by atoms with E-state index in [2.05, 4.69) is 0 Å². The van der Waals surface area contributed by atoms with Gasteiger partial charge in [0.25, 0.3) is 5.91 Å². The number of hydrogen-bond acceptors (Lipinski definition) is 2. The normalized spacial score (nSPS) is 24.6. The van der Waals surface area contributed by atoms with Crippen molar-refractivity contribution in [1.82, 2.24) is 4.90 Å². The molecule has 0 bridgehead atoms. The quantitative estimate of drug-likeness (QED) is 0.754. The summed E-state index contributed by atoms with van der Waals surface area (Å²) in [5.74, 6) is 0.0273. The van der Waals surface area contributed by atoms with Crippen molar-refractivity contribution in [3.63, 3.8) is 0 Å². The number of amides is 1. The lowest BCUT2D eigenvalue weighted by Gasteiger charge is -2.34. The molecule has 2 rings (SSSR count). The van der Waals surface area contributed by atoms with Crippen LogP contribution in [0.5, 0.6) is 0 Å². The Morgan fingerprint density at radius 3 is 2.71 bits per heavy atom. The maximum atomic E-state index is 12.2. The van der Waals surface area contributed by atoms with Gasteiger partial charge in [-0.05, 0) is 25.0 Å². The van der Waals surface area contributed by atoms with Gasteiger partial charge in [-0.15, -0.1) is 22.9 Å². The molecule has 1 aromatic rings. The number of carbonyl (C=O) groups is 1. The zero-order chi connectivity index (χ0) is 12.4. The molecule has 0 spiro atoms. The Labute approximate surface area is 116 Å². The van der Waals surface area contributed by atoms with Crippen LogP contribution in [0, 0.1) is 0 Å². The van der Waals surface area contributed by atoms with Gasteiger partial charge in [-0.1, -0.05) is 24.4 Å². The summed E-state index contributed by atoms with van der Waals surface area (Å²) >= 11 is 13.5. The first kappa shape index (κ1) is 13.2. The average Bonchev–Trinajstić information content (AvgIpc) is 2.75. The van der Waals surface area contributed by atoms with Crippen LogP contribution >= 0.6 is 34.5 Å². The van der Waals surface area contributed by atoms with E-state index in [1.54, 1.807) is 17.0 Å². The number of rotatable bonds is 2. The van der Waals surface area contributed by atoms with Crippen LogP contribution in [0.15, 0.2) is 12.1 Å². The molecule has 94 valence electrons. The van der Waals surface area contributed by atoms with E-state index in [0.717, 1.165) is 25.7 Å². The third-order valence-electron chi connectivity index (χ3n) is 3.25. The lowest BCUT2D eigenvalue weighted by Crippen LogP contribution is -2.44. The fourth-order valence-corrected chi connectivity index (χ4v) is 3.73. The molecule has 1 saturated carbocycles. The second-order valence-corrected chi connectivity index (χ2v) is 6.66. The van der Waals surface area contributed by atoms with E-state index in [4.69, 9.17) is 23.2 Å². The average molecular weight is 292 g/mol. The van der Waals surface area contributed by atoms with Crippen LogP contribution < -0.4 is 0 Å². The molecule has 1 heterocycles. The molecule has 1 aliphatic carbocycles. The molecule has 1 aromatic heterocycles. The lowest BCUT2D eigenvalue weighted by molar-refractivity contribution is 0.0705. The van der Waals surface area contributed by atoms with Crippen molar-refractivity contribution in [3.05, 3.63) is 21.3 Å². The summed E-state index contributed by atoms with van der Waals surface area (Å²) in [6, 6.07) is 3.68. The van der Waals surface area contributed by atoms with Gasteiger partial charge >= 0.3 is 0 Å². The predicted molar refractivity (Wildman–Crippen MR) is 73.3 cm³/mol. The first-order chi connectivity index (χ1) is 8.09. The Kier molecular flexibility index (Phi) is 4.34. The van der Waals surface area contributed by atoms with Crippen LogP contribution in [0.4, 0.5) is 0 Å². The second kappa shape index (κ2) is 5.59. The third kappa shape index (κ3) is 2.95. The molecule has 2 atom stereocenters. The minimum Gasteiger partial charge on any atom is -0.337 e. The molecule has 0 radical (unpaired) electrons. The van der Waals surface area contributed by atoms with Gasteiger partial charge in [0, 0.05) is 13.1 Å². The summed E-state index contributed by atoms with van der Waals surface area (Å²) in [4.78, 5) is 14.7. The van der Waals surface area contributed by atoms with Gasteiger partial charge < -0.3 is 4.90 Å².